The first kappa shape index (κ1) is 15.3. The number of aromatic nitrogens is 2. The minimum atomic E-state index is -0.843. The molecule has 0 spiro atoms. The molecule has 8 nitrogen and oxygen atoms in total. The number of nitrogens with one attached hydrogen (secondary N) is 1. The van der Waals surface area contributed by atoms with E-state index in [0.717, 1.165) is 0 Å². The van der Waals surface area contributed by atoms with Crippen molar-refractivity contribution in [2.45, 2.75) is 32.2 Å². The Kier molecular flexibility index (Phi) is 3.67. The second-order valence-corrected chi connectivity index (χ2v) is 5.89. The van der Waals surface area contributed by atoms with E-state index < -0.39 is 17.8 Å². The van der Waals surface area contributed by atoms with E-state index in [-0.39, 0.29) is 28.3 Å². The summed E-state index contributed by atoms with van der Waals surface area (Å²) in [5.74, 6) is -1.38. The molecule has 1 saturated carbocycles. The highest BCUT2D eigenvalue weighted by atomic mass is 16.4. The Balaban J connectivity index is 1.90. The fraction of sp³-hybridized carbons (Fsp3) is 0.467. The van der Waals surface area contributed by atoms with Crippen molar-refractivity contribution in [2.75, 3.05) is 0 Å². The van der Waals surface area contributed by atoms with E-state index in [1.54, 1.807) is 14.0 Å². The minimum Gasteiger partial charge on any atom is -0.481 e. The summed E-state index contributed by atoms with van der Waals surface area (Å²) in [6.45, 7) is 1.60. The third-order valence-corrected chi connectivity index (χ3v) is 4.29. The molecule has 2 aromatic heterocycles. The van der Waals surface area contributed by atoms with Gasteiger partial charge in [0.05, 0.1) is 11.5 Å². The summed E-state index contributed by atoms with van der Waals surface area (Å²) >= 11 is 0. The molecule has 0 unspecified atom stereocenters. The molecular weight excluding hydrogens is 302 g/mol. The zero-order valence-electron chi connectivity index (χ0n) is 12.8. The highest BCUT2D eigenvalue weighted by Crippen LogP contribution is 2.27. The Morgan fingerprint density at radius 1 is 1.43 bits per heavy atom. The number of carbonyl (C=O) groups is 2. The van der Waals surface area contributed by atoms with Crippen LogP contribution in [0, 0.1) is 12.8 Å². The molecule has 2 heterocycles. The average Bonchev–Trinajstić information content (AvgIpc) is 3.07. The Labute approximate surface area is 131 Å². The van der Waals surface area contributed by atoms with Crippen LogP contribution in [0.25, 0.3) is 11.1 Å². The molecule has 23 heavy (non-hydrogen) atoms. The molecule has 0 saturated heterocycles. The molecular formula is C15H17N3O5. The van der Waals surface area contributed by atoms with Crippen LogP contribution in [0.4, 0.5) is 0 Å². The second-order valence-electron chi connectivity index (χ2n) is 5.89. The van der Waals surface area contributed by atoms with Crippen molar-refractivity contribution < 1.29 is 19.1 Å². The van der Waals surface area contributed by atoms with Crippen LogP contribution in [-0.2, 0) is 11.8 Å². The predicted octanol–water partition coefficient (Wildman–Crippen LogP) is 0.818. The smallest absolute Gasteiger partial charge is 0.306 e. The van der Waals surface area contributed by atoms with Gasteiger partial charge in [0, 0.05) is 13.1 Å². The van der Waals surface area contributed by atoms with E-state index in [2.05, 4.69) is 10.3 Å². The number of furan rings is 1. The normalized spacial score (nSPS) is 20.8. The number of hydrogen-bond donors (Lipinski definition) is 2. The van der Waals surface area contributed by atoms with Crippen molar-refractivity contribution in [3.63, 3.8) is 0 Å². The van der Waals surface area contributed by atoms with Crippen molar-refractivity contribution in [3.8, 4) is 0 Å². The number of carbonyl (C=O) groups excluding carboxylic acids is 1. The summed E-state index contributed by atoms with van der Waals surface area (Å²) in [4.78, 5) is 39.8. The quantitative estimate of drug-likeness (QED) is 0.865. The van der Waals surface area contributed by atoms with E-state index in [1.807, 2.05) is 0 Å². The molecule has 8 heteroatoms. The largest absolute Gasteiger partial charge is 0.481 e. The van der Waals surface area contributed by atoms with Crippen LogP contribution in [0.3, 0.4) is 0 Å². The number of amides is 1. The Bertz CT molecular complexity index is 851. The van der Waals surface area contributed by atoms with Crippen LogP contribution < -0.4 is 10.9 Å². The molecule has 2 aromatic rings. The third-order valence-electron chi connectivity index (χ3n) is 4.29. The lowest BCUT2D eigenvalue weighted by molar-refractivity contribution is -0.141. The van der Waals surface area contributed by atoms with E-state index >= 15 is 0 Å². The van der Waals surface area contributed by atoms with Gasteiger partial charge in [-0.1, -0.05) is 0 Å². The molecule has 1 aliphatic carbocycles. The van der Waals surface area contributed by atoms with Gasteiger partial charge in [0.25, 0.3) is 11.5 Å². The van der Waals surface area contributed by atoms with Gasteiger partial charge in [0.2, 0.25) is 5.71 Å². The number of aliphatic carboxylic acids is 1. The van der Waals surface area contributed by atoms with Crippen LogP contribution in [0.15, 0.2) is 15.5 Å². The fourth-order valence-corrected chi connectivity index (χ4v) is 3.06. The van der Waals surface area contributed by atoms with Crippen molar-refractivity contribution >= 4 is 23.0 Å². The summed E-state index contributed by atoms with van der Waals surface area (Å²) in [6, 6.07) is -0.214. The van der Waals surface area contributed by atoms with Gasteiger partial charge in [0.15, 0.2) is 0 Å². The predicted molar refractivity (Wildman–Crippen MR) is 80.2 cm³/mol. The first-order chi connectivity index (χ1) is 10.9. The monoisotopic (exact) mass is 319 g/mol. The van der Waals surface area contributed by atoms with Gasteiger partial charge in [-0.25, -0.2) is 4.98 Å². The third kappa shape index (κ3) is 2.60. The van der Waals surface area contributed by atoms with Gasteiger partial charge in [-0.15, -0.1) is 0 Å². The molecule has 0 aromatic carbocycles. The van der Waals surface area contributed by atoms with Crippen LogP contribution >= 0.6 is 0 Å². The first-order valence-electron chi connectivity index (χ1n) is 7.37. The number of carboxylic acid groups (broad SMARTS) is 1. The molecule has 0 aliphatic heterocycles. The molecule has 0 radical (unpaired) electrons. The highest BCUT2D eigenvalue weighted by Gasteiger charge is 2.32. The lowest BCUT2D eigenvalue weighted by Crippen LogP contribution is -2.34. The van der Waals surface area contributed by atoms with Crippen molar-refractivity contribution in [3.05, 3.63) is 28.0 Å². The number of aryl methyl sites for hydroxylation is 2. The van der Waals surface area contributed by atoms with Gasteiger partial charge in [-0.05, 0) is 26.2 Å². The molecule has 3 rings (SSSR count). The van der Waals surface area contributed by atoms with Crippen LogP contribution in [-0.4, -0.2) is 32.6 Å². The molecule has 2 atom stereocenters. The topological polar surface area (TPSA) is 114 Å². The lowest BCUT2D eigenvalue weighted by Gasteiger charge is -2.12. The Morgan fingerprint density at radius 2 is 2.17 bits per heavy atom. The van der Waals surface area contributed by atoms with E-state index in [0.29, 0.717) is 25.0 Å². The van der Waals surface area contributed by atoms with Gasteiger partial charge < -0.3 is 19.4 Å². The summed E-state index contributed by atoms with van der Waals surface area (Å²) in [6.07, 6.45) is 2.87. The van der Waals surface area contributed by atoms with Crippen LogP contribution in [0.2, 0.25) is 0 Å². The van der Waals surface area contributed by atoms with E-state index in [4.69, 9.17) is 9.52 Å². The van der Waals surface area contributed by atoms with E-state index in [1.165, 1.54) is 10.9 Å². The van der Waals surface area contributed by atoms with Gasteiger partial charge >= 0.3 is 5.97 Å². The fourth-order valence-electron chi connectivity index (χ4n) is 3.06. The summed E-state index contributed by atoms with van der Waals surface area (Å²) in [5, 5.41) is 12.0. The zero-order valence-corrected chi connectivity index (χ0v) is 12.8. The highest BCUT2D eigenvalue weighted by molar-refractivity contribution is 6.06. The molecule has 2 N–H and O–H groups in total. The Morgan fingerprint density at radius 3 is 2.83 bits per heavy atom. The summed E-state index contributed by atoms with van der Waals surface area (Å²) in [7, 11) is 1.55. The number of hydrogen-bond acceptors (Lipinski definition) is 5. The van der Waals surface area contributed by atoms with Crippen molar-refractivity contribution in [2.24, 2.45) is 13.0 Å². The van der Waals surface area contributed by atoms with Crippen molar-refractivity contribution in [1.29, 1.82) is 0 Å². The standard InChI is InChI=1S/C15H17N3O5/c1-7-10(11-13(23-7)16-6-18(2)14(11)20)12(19)17-9-4-3-8(5-9)15(21)22/h6,8-9H,3-5H2,1-2H3,(H,17,19)(H,21,22)/t8-,9+/m1/s1. The first-order valence-corrected chi connectivity index (χ1v) is 7.37. The van der Waals surface area contributed by atoms with Gasteiger partial charge in [-0.3, -0.25) is 14.4 Å². The van der Waals surface area contributed by atoms with Crippen molar-refractivity contribution in [1.82, 2.24) is 14.9 Å². The molecule has 122 valence electrons. The number of nitrogens with zero attached hydrogens (tertiary/aromatic N) is 2. The second kappa shape index (κ2) is 5.53. The number of rotatable bonds is 3. The summed E-state index contributed by atoms with van der Waals surface area (Å²) in [5.41, 5.74) is -0.0510. The maximum atomic E-state index is 12.5. The number of carboxylic acids is 1. The maximum Gasteiger partial charge on any atom is 0.306 e. The van der Waals surface area contributed by atoms with E-state index in [9.17, 15) is 14.4 Å². The van der Waals surface area contributed by atoms with Gasteiger partial charge in [0.1, 0.15) is 17.5 Å². The maximum absolute atomic E-state index is 12.5. The van der Waals surface area contributed by atoms with Crippen LogP contribution in [0.5, 0.6) is 0 Å². The molecule has 1 amide bonds. The number of fused-ring (bicyclic) bond motifs is 1. The lowest BCUT2D eigenvalue weighted by atomic mass is 10.1. The zero-order chi connectivity index (χ0) is 16.7. The minimum absolute atomic E-state index is 0.130. The molecule has 1 aliphatic rings. The van der Waals surface area contributed by atoms with Gasteiger partial charge in [-0.2, -0.15) is 0 Å². The average molecular weight is 319 g/mol. The molecule has 1 fully saturated rings. The molecule has 0 bridgehead atoms. The SMILES string of the molecule is Cc1oc2ncn(C)c(=O)c2c1C(=O)N[C@H]1CC[C@@H](C(=O)O)C1. The Hall–Kier alpha value is -2.64. The summed E-state index contributed by atoms with van der Waals surface area (Å²) < 4.78 is 6.68. The van der Waals surface area contributed by atoms with Crippen LogP contribution in [0.1, 0.15) is 35.4 Å².